The number of carbonyl (C=O) groups excluding carboxylic acids is 1. The van der Waals surface area contributed by atoms with Crippen molar-refractivity contribution in [2.45, 2.75) is 0 Å². The molecule has 0 saturated carbocycles. The van der Waals surface area contributed by atoms with Gasteiger partial charge in [-0.15, -0.1) is 0 Å². The summed E-state index contributed by atoms with van der Waals surface area (Å²) in [6, 6.07) is 12.9. The summed E-state index contributed by atoms with van der Waals surface area (Å²) < 4.78 is 16.8. The molecule has 4 rings (SSSR count). The average Bonchev–Trinajstić information content (AvgIpc) is 3.16. The third kappa shape index (κ3) is 2.73. The lowest BCUT2D eigenvalue weighted by Gasteiger charge is -2.01. The van der Waals surface area contributed by atoms with Gasteiger partial charge in [0.15, 0.2) is 17.2 Å². The molecule has 114 valence electrons. The highest BCUT2D eigenvalue weighted by molar-refractivity contribution is 9.10. The summed E-state index contributed by atoms with van der Waals surface area (Å²) in [4.78, 5) is 16.3. The summed E-state index contributed by atoms with van der Waals surface area (Å²) in [5, 5.41) is 0. The largest absolute Gasteiger partial charge is 0.454 e. The number of hydrogen-bond acceptors (Lipinski definition) is 5. The Labute approximate surface area is 140 Å². The molecule has 2 aromatic rings. The van der Waals surface area contributed by atoms with E-state index in [1.807, 2.05) is 24.3 Å². The Hall–Kier alpha value is -2.60. The second-order valence-corrected chi connectivity index (χ2v) is 5.87. The van der Waals surface area contributed by atoms with E-state index in [0.717, 1.165) is 10.0 Å². The van der Waals surface area contributed by atoms with Crippen molar-refractivity contribution in [2.24, 2.45) is 4.99 Å². The summed E-state index contributed by atoms with van der Waals surface area (Å²) in [7, 11) is 0. The van der Waals surface area contributed by atoms with Crippen LogP contribution in [-0.2, 0) is 9.53 Å². The summed E-state index contributed by atoms with van der Waals surface area (Å²) in [5.74, 6) is 1.08. The van der Waals surface area contributed by atoms with Crippen molar-refractivity contribution in [3.05, 3.63) is 63.8 Å². The van der Waals surface area contributed by atoms with E-state index in [-0.39, 0.29) is 18.4 Å². The van der Waals surface area contributed by atoms with Crippen LogP contribution >= 0.6 is 15.9 Å². The van der Waals surface area contributed by atoms with Gasteiger partial charge in [0.2, 0.25) is 12.7 Å². The first-order valence-corrected chi connectivity index (χ1v) is 7.66. The van der Waals surface area contributed by atoms with E-state index in [1.165, 1.54) is 0 Å². The van der Waals surface area contributed by atoms with Crippen molar-refractivity contribution in [1.82, 2.24) is 0 Å². The molecule has 0 saturated heterocycles. The first kappa shape index (κ1) is 14.0. The van der Waals surface area contributed by atoms with Crippen LogP contribution in [0, 0.1) is 0 Å². The number of carbonyl (C=O) groups is 1. The Morgan fingerprint density at radius 3 is 2.65 bits per heavy atom. The third-order valence-corrected chi connectivity index (χ3v) is 3.94. The topological polar surface area (TPSA) is 57.1 Å². The highest BCUT2D eigenvalue weighted by Gasteiger charge is 2.25. The number of hydrogen-bond donors (Lipinski definition) is 0. The summed E-state index contributed by atoms with van der Waals surface area (Å²) in [6.07, 6.45) is 1.69. The second kappa shape index (κ2) is 5.55. The Balaban J connectivity index is 1.66. The molecule has 5 nitrogen and oxygen atoms in total. The fraction of sp³-hybridized carbons (Fsp3) is 0.0588. The number of halogens is 1. The van der Waals surface area contributed by atoms with Gasteiger partial charge < -0.3 is 14.2 Å². The molecule has 0 radical (unpaired) electrons. The molecule has 0 atom stereocenters. The zero-order valence-corrected chi connectivity index (χ0v) is 13.4. The maximum Gasteiger partial charge on any atom is 0.363 e. The van der Waals surface area contributed by atoms with Crippen LogP contribution < -0.4 is 9.47 Å². The highest BCUT2D eigenvalue weighted by Crippen LogP contribution is 2.33. The molecule has 0 bridgehead atoms. The molecule has 6 heteroatoms. The molecule has 0 fully saturated rings. The first-order valence-electron chi connectivity index (χ1n) is 6.87. The fourth-order valence-electron chi connectivity index (χ4n) is 2.28. The third-order valence-electron chi connectivity index (χ3n) is 3.41. The minimum absolute atomic E-state index is 0.194. The van der Waals surface area contributed by atoms with Crippen LogP contribution in [0.2, 0.25) is 0 Å². The second-order valence-electron chi connectivity index (χ2n) is 4.96. The molecule has 23 heavy (non-hydrogen) atoms. The van der Waals surface area contributed by atoms with E-state index in [9.17, 15) is 4.79 Å². The molecule has 0 spiro atoms. The number of aliphatic imine (C=N–C) groups is 1. The predicted octanol–water partition coefficient (Wildman–Crippen LogP) is 3.52. The monoisotopic (exact) mass is 371 g/mol. The van der Waals surface area contributed by atoms with Crippen molar-refractivity contribution >= 4 is 33.9 Å². The number of ether oxygens (including phenoxy) is 3. The molecule has 2 aliphatic heterocycles. The first-order chi connectivity index (χ1) is 11.2. The quantitative estimate of drug-likeness (QED) is 0.598. The Bertz CT molecular complexity index is 855. The normalized spacial score (nSPS) is 17.3. The van der Waals surface area contributed by atoms with Crippen LogP contribution in [-0.4, -0.2) is 18.7 Å². The van der Waals surface area contributed by atoms with Gasteiger partial charge in [0.05, 0.1) is 0 Å². The van der Waals surface area contributed by atoms with Crippen molar-refractivity contribution in [3.63, 3.8) is 0 Å². The summed E-state index contributed by atoms with van der Waals surface area (Å²) in [6.45, 7) is 0.194. The predicted molar refractivity (Wildman–Crippen MR) is 87.3 cm³/mol. The molecule has 2 aliphatic rings. The Kier molecular flexibility index (Phi) is 3.38. The van der Waals surface area contributed by atoms with Crippen LogP contribution in [0.15, 0.2) is 57.6 Å². The number of benzene rings is 2. The lowest BCUT2D eigenvalue weighted by atomic mass is 10.2. The number of esters is 1. The van der Waals surface area contributed by atoms with E-state index >= 15 is 0 Å². The minimum atomic E-state index is -0.472. The summed E-state index contributed by atoms with van der Waals surface area (Å²) >= 11 is 3.37. The fourth-order valence-corrected chi connectivity index (χ4v) is 2.54. The van der Waals surface area contributed by atoms with Crippen molar-refractivity contribution in [1.29, 1.82) is 0 Å². The maximum atomic E-state index is 12.0. The van der Waals surface area contributed by atoms with Gasteiger partial charge in [0.25, 0.3) is 0 Å². The standard InChI is InChI=1S/C17H10BrNO4/c18-12-4-1-10(2-5-12)7-13-17(20)23-16(19-13)11-3-6-14-15(8-11)22-9-21-14/h1-8H,9H2/b13-7+. The van der Waals surface area contributed by atoms with E-state index < -0.39 is 5.97 Å². The molecule has 2 aromatic carbocycles. The SMILES string of the molecule is O=C1OC(c2ccc3c(c2)OCO3)=N/C1=C/c1ccc(Br)cc1. The number of fused-ring (bicyclic) bond motifs is 1. The zero-order valence-electron chi connectivity index (χ0n) is 11.8. The maximum absolute atomic E-state index is 12.0. The Morgan fingerprint density at radius 1 is 1.04 bits per heavy atom. The van der Waals surface area contributed by atoms with E-state index in [0.29, 0.717) is 17.1 Å². The van der Waals surface area contributed by atoms with E-state index in [2.05, 4.69) is 20.9 Å². The van der Waals surface area contributed by atoms with E-state index in [4.69, 9.17) is 14.2 Å². The van der Waals surface area contributed by atoms with Gasteiger partial charge in [-0.1, -0.05) is 28.1 Å². The molecule has 2 heterocycles. The van der Waals surface area contributed by atoms with Crippen LogP contribution in [0.5, 0.6) is 11.5 Å². The van der Waals surface area contributed by atoms with Crippen LogP contribution in [0.3, 0.4) is 0 Å². The van der Waals surface area contributed by atoms with E-state index in [1.54, 1.807) is 24.3 Å². The van der Waals surface area contributed by atoms with Gasteiger partial charge in [-0.2, -0.15) is 0 Å². The molecular weight excluding hydrogens is 362 g/mol. The molecule has 0 N–H and O–H groups in total. The lowest BCUT2D eigenvalue weighted by molar-refractivity contribution is -0.129. The number of cyclic esters (lactones) is 1. The molecule has 0 aromatic heterocycles. The number of rotatable bonds is 2. The van der Waals surface area contributed by atoms with Crippen LogP contribution in [0.4, 0.5) is 0 Å². The minimum Gasteiger partial charge on any atom is -0.454 e. The van der Waals surface area contributed by atoms with Crippen LogP contribution in [0.1, 0.15) is 11.1 Å². The van der Waals surface area contributed by atoms with Crippen molar-refractivity contribution in [3.8, 4) is 11.5 Å². The summed E-state index contributed by atoms with van der Waals surface area (Å²) in [5.41, 5.74) is 1.80. The molecular formula is C17H10BrNO4. The lowest BCUT2D eigenvalue weighted by Crippen LogP contribution is -2.05. The van der Waals surface area contributed by atoms with Gasteiger partial charge in [0.1, 0.15) is 0 Å². The zero-order chi connectivity index (χ0) is 15.8. The Morgan fingerprint density at radius 2 is 1.83 bits per heavy atom. The van der Waals surface area contributed by atoms with Crippen LogP contribution in [0.25, 0.3) is 6.08 Å². The van der Waals surface area contributed by atoms with Crippen molar-refractivity contribution < 1.29 is 19.0 Å². The number of nitrogens with zero attached hydrogens (tertiary/aromatic N) is 1. The van der Waals surface area contributed by atoms with Gasteiger partial charge in [0, 0.05) is 10.0 Å². The molecule has 0 amide bonds. The molecule has 0 unspecified atom stereocenters. The molecule has 0 aliphatic carbocycles. The van der Waals surface area contributed by atoms with Gasteiger partial charge >= 0.3 is 5.97 Å². The smallest absolute Gasteiger partial charge is 0.363 e. The van der Waals surface area contributed by atoms with Gasteiger partial charge in [-0.25, -0.2) is 9.79 Å². The van der Waals surface area contributed by atoms with Crippen molar-refractivity contribution in [2.75, 3.05) is 6.79 Å². The average molecular weight is 372 g/mol. The highest BCUT2D eigenvalue weighted by atomic mass is 79.9. The van der Waals surface area contributed by atoms with Gasteiger partial charge in [-0.05, 0) is 42.0 Å². The van der Waals surface area contributed by atoms with Gasteiger partial charge in [-0.3, -0.25) is 0 Å².